The molecule has 0 aliphatic carbocycles. The van der Waals surface area contributed by atoms with Gasteiger partial charge in [0.25, 0.3) is 0 Å². The van der Waals surface area contributed by atoms with Gasteiger partial charge in [0.2, 0.25) is 0 Å². The van der Waals surface area contributed by atoms with Crippen LogP contribution in [-0.4, -0.2) is 0 Å². The standard InChI is InChI=1S/C15H12Cl2F2/c1-8-7-12(16)9(2)6-11(8)14(17)10-4-3-5-13(18)15(10)19/h3-7,14H,1-2H3. The minimum atomic E-state index is -0.908. The van der Waals surface area contributed by atoms with Crippen molar-refractivity contribution in [1.82, 2.24) is 0 Å². The van der Waals surface area contributed by atoms with Crippen molar-refractivity contribution in [2.75, 3.05) is 0 Å². The second kappa shape index (κ2) is 5.48. The lowest BCUT2D eigenvalue weighted by Gasteiger charge is -2.16. The van der Waals surface area contributed by atoms with Crippen LogP contribution in [0.5, 0.6) is 0 Å². The summed E-state index contributed by atoms with van der Waals surface area (Å²) in [6.07, 6.45) is 0. The minimum absolute atomic E-state index is 0.131. The molecule has 2 aromatic rings. The highest BCUT2D eigenvalue weighted by Crippen LogP contribution is 2.35. The molecule has 0 amide bonds. The van der Waals surface area contributed by atoms with Crippen LogP contribution >= 0.6 is 23.2 Å². The Morgan fingerprint density at radius 3 is 2.37 bits per heavy atom. The summed E-state index contributed by atoms with van der Waals surface area (Å²) in [5, 5.41) is -0.114. The van der Waals surface area contributed by atoms with E-state index in [2.05, 4.69) is 0 Å². The lowest BCUT2D eigenvalue weighted by Crippen LogP contribution is -2.02. The highest BCUT2D eigenvalue weighted by Gasteiger charge is 2.20. The summed E-state index contributed by atoms with van der Waals surface area (Å²) in [6, 6.07) is 7.58. The Morgan fingerprint density at radius 2 is 1.68 bits per heavy atom. The van der Waals surface area contributed by atoms with Gasteiger partial charge in [-0.15, -0.1) is 11.6 Å². The number of rotatable bonds is 2. The van der Waals surface area contributed by atoms with E-state index in [-0.39, 0.29) is 5.56 Å². The van der Waals surface area contributed by atoms with Gasteiger partial charge in [0, 0.05) is 10.6 Å². The van der Waals surface area contributed by atoms with Crippen molar-refractivity contribution in [1.29, 1.82) is 0 Å². The smallest absolute Gasteiger partial charge is 0.163 e. The van der Waals surface area contributed by atoms with Gasteiger partial charge in [0.1, 0.15) is 0 Å². The third-order valence-electron chi connectivity index (χ3n) is 3.07. The quantitative estimate of drug-likeness (QED) is 0.637. The van der Waals surface area contributed by atoms with E-state index < -0.39 is 17.0 Å². The summed E-state index contributed by atoms with van der Waals surface area (Å²) in [5.41, 5.74) is 2.56. The monoisotopic (exact) mass is 300 g/mol. The van der Waals surface area contributed by atoms with Crippen LogP contribution < -0.4 is 0 Å². The van der Waals surface area contributed by atoms with Crippen LogP contribution in [0.4, 0.5) is 8.78 Å². The van der Waals surface area contributed by atoms with Gasteiger partial charge >= 0.3 is 0 Å². The summed E-state index contributed by atoms with van der Waals surface area (Å²) in [6.45, 7) is 3.68. The van der Waals surface area contributed by atoms with Crippen LogP contribution in [0, 0.1) is 25.5 Å². The van der Waals surface area contributed by atoms with Gasteiger partial charge in [-0.2, -0.15) is 0 Å². The Bertz CT molecular complexity index is 624. The van der Waals surface area contributed by atoms with Crippen molar-refractivity contribution in [2.45, 2.75) is 19.2 Å². The zero-order chi connectivity index (χ0) is 14.2. The van der Waals surface area contributed by atoms with E-state index in [0.29, 0.717) is 5.02 Å². The SMILES string of the molecule is Cc1cc(C(Cl)c2cccc(F)c2F)c(C)cc1Cl. The second-order valence-electron chi connectivity index (χ2n) is 4.46. The Labute approximate surface area is 121 Å². The lowest BCUT2D eigenvalue weighted by atomic mass is 9.97. The molecule has 0 N–H and O–H groups in total. The summed E-state index contributed by atoms with van der Waals surface area (Å²) in [5.74, 6) is -1.80. The first kappa shape index (κ1) is 14.3. The van der Waals surface area contributed by atoms with Crippen LogP contribution in [0.25, 0.3) is 0 Å². The molecule has 0 heterocycles. The Balaban J connectivity index is 2.53. The van der Waals surface area contributed by atoms with Gasteiger partial charge < -0.3 is 0 Å². The van der Waals surface area contributed by atoms with Crippen molar-refractivity contribution < 1.29 is 8.78 Å². The zero-order valence-corrected chi connectivity index (χ0v) is 12.0. The van der Waals surface area contributed by atoms with Crippen LogP contribution in [0.1, 0.15) is 27.6 Å². The first-order valence-electron chi connectivity index (χ1n) is 5.76. The molecule has 4 heteroatoms. The molecule has 100 valence electrons. The van der Waals surface area contributed by atoms with Gasteiger partial charge in [-0.1, -0.05) is 29.8 Å². The van der Waals surface area contributed by atoms with Crippen molar-refractivity contribution in [3.63, 3.8) is 0 Å². The molecular formula is C15H12Cl2F2. The number of hydrogen-bond donors (Lipinski definition) is 0. The van der Waals surface area contributed by atoms with Gasteiger partial charge in [0.05, 0.1) is 5.38 Å². The van der Waals surface area contributed by atoms with E-state index >= 15 is 0 Å². The topological polar surface area (TPSA) is 0 Å². The average Bonchev–Trinajstić information content (AvgIpc) is 2.36. The van der Waals surface area contributed by atoms with Crippen molar-refractivity contribution >= 4 is 23.2 Å². The zero-order valence-electron chi connectivity index (χ0n) is 10.5. The first-order valence-corrected chi connectivity index (χ1v) is 6.58. The fraction of sp³-hybridized carbons (Fsp3) is 0.200. The number of halogens is 4. The summed E-state index contributed by atoms with van der Waals surface area (Å²) >= 11 is 12.3. The first-order chi connectivity index (χ1) is 8.91. The third kappa shape index (κ3) is 2.75. The fourth-order valence-corrected chi connectivity index (χ4v) is 2.58. The largest absolute Gasteiger partial charge is 0.204 e. The number of benzene rings is 2. The van der Waals surface area contributed by atoms with E-state index in [9.17, 15) is 8.78 Å². The van der Waals surface area contributed by atoms with Gasteiger partial charge in [-0.3, -0.25) is 0 Å². The summed E-state index contributed by atoms with van der Waals surface area (Å²) < 4.78 is 27.0. The highest BCUT2D eigenvalue weighted by molar-refractivity contribution is 6.31. The molecule has 0 bridgehead atoms. The Morgan fingerprint density at radius 1 is 1.00 bits per heavy atom. The molecule has 1 unspecified atom stereocenters. The van der Waals surface area contributed by atoms with E-state index in [1.807, 2.05) is 13.8 Å². The molecule has 0 aromatic heterocycles. The molecule has 1 atom stereocenters. The molecule has 0 fully saturated rings. The van der Waals surface area contributed by atoms with Crippen molar-refractivity contribution in [3.8, 4) is 0 Å². The minimum Gasteiger partial charge on any atom is -0.204 e. The normalized spacial score (nSPS) is 12.5. The number of alkyl halides is 1. The van der Waals surface area contributed by atoms with Gasteiger partial charge in [0.15, 0.2) is 11.6 Å². The van der Waals surface area contributed by atoms with Gasteiger partial charge in [-0.05, 0) is 42.7 Å². The maximum Gasteiger partial charge on any atom is 0.163 e. The maximum absolute atomic E-state index is 13.8. The molecule has 0 nitrogen and oxygen atoms in total. The fourth-order valence-electron chi connectivity index (χ4n) is 1.96. The summed E-state index contributed by atoms with van der Waals surface area (Å²) in [4.78, 5) is 0. The van der Waals surface area contributed by atoms with E-state index in [1.54, 1.807) is 12.1 Å². The van der Waals surface area contributed by atoms with E-state index in [0.717, 1.165) is 22.8 Å². The molecule has 0 aliphatic heterocycles. The van der Waals surface area contributed by atoms with E-state index in [1.165, 1.54) is 12.1 Å². The molecule has 2 aromatic carbocycles. The third-order valence-corrected chi connectivity index (χ3v) is 3.95. The maximum atomic E-state index is 13.8. The van der Waals surface area contributed by atoms with Crippen molar-refractivity contribution in [3.05, 3.63) is 69.2 Å². The molecule has 2 rings (SSSR count). The average molecular weight is 301 g/mol. The molecular weight excluding hydrogens is 289 g/mol. The Hall–Kier alpha value is -1.12. The van der Waals surface area contributed by atoms with E-state index in [4.69, 9.17) is 23.2 Å². The molecule has 19 heavy (non-hydrogen) atoms. The van der Waals surface area contributed by atoms with Crippen LogP contribution in [0.2, 0.25) is 5.02 Å². The van der Waals surface area contributed by atoms with Crippen LogP contribution in [0.3, 0.4) is 0 Å². The predicted octanol–water partition coefficient (Wildman–Crippen LogP) is 5.56. The molecule has 0 aliphatic rings. The van der Waals surface area contributed by atoms with Crippen LogP contribution in [0.15, 0.2) is 30.3 Å². The van der Waals surface area contributed by atoms with Crippen LogP contribution in [-0.2, 0) is 0 Å². The lowest BCUT2D eigenvalue weighted by molar-refractivity contribution is 0.500. The number of hydrogen-bond acceptors (Lipinski definition) is 0. The van der Waals surface area contributed by atoms with Gasteiger partial charge in [-0.25, -0.2) is 8.78 Å². The Kier molecular flexibility index (Phi) is 4.12. The second-order valence-corrected chi connectivity index (χ2v) is 5.31. The predicted molar refractivity (Wildman–Crippen MR) is 75.0 cm³/mol. The van der Waals surface area contributed by atoms with Crippen molar-refractivity contribution in [2.24, 2.45) is 0 Å². The summed E-state index contributed by atoms with van der Waals surface area (Å²) in [7, 11) is 0. The molecule has 0 saturated heterocycles. The number of aryl methyl sites for hydroxylation is 2. The molecule has 0 spiro atoms. The molecule has 0 saturated carbocycles. The highest BCUT2D eigenvalue weighted by atomic mass is 35.5. The molecule has 0 radical (unpaired) electrons.